The standard InChI is InChI=1S/C29H25Cl2NO5S2/c1-3-13-36-28(34)26(19-7-5-4-6-8-19)32-27(33)25(39-29(32)38)15-18-9-12-23(24(14-18)35-2)37-17-20-10-11-21(30)16-22(20)31/h4-12,14-16,26H,3,13,17H2,1-2H3/b25-15-. The summed E-state index contributed by atoms with van der Waals surface area (Å²) in [5.74, 6) is 0.0965. The molecule has 0 radical (unpaired) electrons. The molecule has 0 bridgehead atoms. The van der Waals surface area contributed by atoms with Gasteiger partial charge in [-0.05, 0) is 47.9 Å². The van der Waals surface area contributed by atoms with Crippen LogP contribution in [0.2, 0.25) is 10.0 Å². The minimum Gasteiger partial charge on any atom is -0.493 e. The second kappa shape index (κ2) is 13.3. The molecule has 0 aromatic heterocycles. The third-order valence-electron chi connectivity index (χ3n) is 5.75. The molecule has 1 aliphatic heterocycles. The van der Waals surface area contributed by atoms with Crippen molar-refractivity contribution < 1.29 is 23.8 Å². The Balaban J connectivity index is 1.56. The van der Waals surface area contributed by atoms with Crippen LogP contribution >= 0.6 is 47.2 Å². The number of hydrogen-bond acceptors (Lipinski definition) is 7. The minimum atomic E-state index is -0.971. The van der Waals surface area contributed by atoms with E-state index >= 15 is 0 Å². The van der Waals surface area contributed by atoms with Crippen molar-refractivity contribution in [3.63, 3.8) is 0 Å². The summed E-state index contributed by atoms with van der Waals surface area (Å²) in [7, 11) is 1.53. The van der Waals surface area contributed by atoms with Crippen molar-refractivity contribution in [2.75, 3.05) is 13.7 Å². The molecular formula is C29H25Cl2NO5S2. The molecule has 39 heavy (non-hydrogen) atoms. The molecule has 1 unspecified atom stereocenters. The molecule has 4 rings (SSSR count). The van der Waals surface area contributed by atoms with E-state index in [9.17, 15) is 9.59 Å². The summed E-state index contributed by atoms with van der Waals surface area (Å²) in [6, 6.07) is 18.6. The summed E-state index contributed by atoms with van der Waals surface area (Å²) < 4.78 is 17.1. The molecule has 1 heterocycles. The SMILES string of the molecule is CCCOC(=O)C(c1ccccc1)N1C(=O)/C(=C/c2ccc(OCc3ccc(Cl)cc3Cl)c(OC)c2)SC1=S. The van der Waals surface area contributed by atoms with Gasteiger partial charge in [0.2, 0.25) is 0 Å². The van der Waals surface area contributed by atoms with Gasteiger partial charge in [0, 0.05) is 15.6 Å². The summed E-state index contributed by atoms with van der Waals surface area (Å²) in [5.41, 5.74) is 2.11. The number of rotatable bonds is 10. The van der Waals surface area contributed by atoms with Crippen LogP contribution in [0.1, 0.15) is 36.1 Å². The zero-order valence-electron chi connectivity index (χ0n) is 21.2. The van der Waals surface area contributed by atoms with Crippen molar-refractivity contribution >= 4 is 69.5 Å². The van der Waals surface area contributed by atoms with Crippen LogP contribution in [0.15, 0.2) is 71.6 Å². The van der Waals surface area contributed by atoms with Crippen LogP contribution in [0, 0.1) is 0 Å². The third-order valence-corrected chi connectivity index (χ3v) is 7.67. The average molecular weight is 603 g/mol. The summed E-state index contributed by atoms with van der Waals surface area (Å²) >= 11 is 18.9. The number of benzene rings is 3. The average Bonchev–Trinajstić information content (AvgIpc) is 3.20. The van der Waals surface area contributed by atoms with Crippen molar-refractivity contribution in [2.45, 2.75) is 26.0 Å². The van der Waals surface area contributed by atoms with Crippen molar-refractivity contribution in [1.82, 2.24) is 4.90 Å². The summed E-state index contributed by atoms with van der Waals surface area (Å²) in [4.78, 5) is 28.2. The van der Waals surface area contributed by atoms with Crippen LogP contribution in [-0.2, 0) is 20.9 Å². The molecule has 202 valence electrons. The molecule has 1 saturated heterocycles. The highest BCUT2D eigenvalue weighted by atomic mass is 35.5. The van der Waals surface area contributed by atoms with E-state index in [2.05, 4.69) is 0 Å². The third kappa shape index (κ3) is 6.94. The quantitative estimate of drug-likeness (QED) is 0.135. The fourth-order valence-electron chi connectivity index (χ4n) is 3.85. The number of nitrogens with zero attached hydrogens (tertiary/aromatic N) is 1. The van der Waals surface area contributed by atoms with E-state index in [0.29, 0.717) is 44.0 Å². The van der Waals surface area contributed by atoms with Crippen molar-refractivity contribution in [3.8, 4) is 11.5 Å². The molecule has 1 amide bonds. The first-order valence-electron chi connectivity index (χ1n) is 12.1. The first-order valence-corrected chi connectivity index (χ1v) is 14.0. The maximum absolute atomic E-state index is 13.5. The highest BCUT2D eigenvalue weighted by Gasteiger charge is 2.42. The Labute approximate surface area is 246 Å². The summed E-state index contributed by atoms with van der Waals surface area (Å²) in [5, 5.41) is 1.05. The van der Waals surface area contributed by atoms with Crippen LogP contribution in [0.3, 0.4) is 0 Å². The number of carbonyl (C=O) groups is 2. The normalized spacial score (nSPS) is 15.0. The van der Waals surface area contributed by atoms with E-state index in [0.717, 1.165) is 17.3 Å². The van der Waals surface area contributed by atoms with Gasteiger partial charge in [0.25, 0.3) is 5.91 Å². The second-order valence-electron chi connectivity index (χ2n) is 8.47. The molecule has 10 heteroatoms. The lowest BCUT2D eigenvalue weighted by molar-refractivity contribution is -0.151. The Bertz CT molecular complexity index is 1410. The summed E-state index contributed by atoms with van der Waals surface area (Å²) in [6.45, 7) is 2.38. The van der Waals surface area contributed by atoms with Gasteiger partial charge in [-0.2, -0.15) is 0 Å². The maximum Gasteiger partial charge on any atom is 0.333 e. The molecular weight excluding hydrogens is 577 g/mol. The second-order valence-corrected chi connectivity index (χ2v) is 11.0. The van der Waals surface area contributed by atoms with Gasteiger partial charge in [-0.1, -0.05) is 96.6 Å². The van der Waals surface area contributed by atoms with E-state index in [1.807, 2.05) is 13.0 Å². The molecule has 0 saturated carbocycles. The zero-order valence-corrected chi connectivity index (χ0v) is 24.3. The van der Waals surface area contributed by atoms with Gasteiger partial charge in [0.05, 0.1) is 18.6 Å². The largest absolute Gasteiger partial charge is 0.493 e. The number of carbonyl (C=O) groups excluding carboxylic acids is 2. The molecule has 6 nitrogen and oxygen atoms in total. The lowest BCUT2D eigenvalue weighted by Gasteiger charge is -2.25. The molecule has 0 N–H and O–H groups in total. The summed E-state index contributed by atoms with van der Waals surface area (Å²) in [6.07, 6.45) is 2.38. The maximum atomic E-state index is 13.5. The smallest absolute Gasteiger partial charge is 0.333 e. The van der Waals surface area contributed by atoms with Crippen molar-refractivity contribution in [3.05, 3.63) is 98.4 Å². The topological polar surface area (TPSA) is 65.1 Å². The number of halogens is 2. The van der Waals surface area contributed by atoms with Crippen molar-refractivity contribution in [1.29, 1.82) is 0 Å². The predicted molar refractivity (Wildman–Crippen MR) is 159 cm³/mol. The first kappa shape index (κ1) is 29.0. The number of amides is 1. The Morgan fingerprint density at radius 2 is 1.85 bits per heavy atom. The molecule has 0 spiro atoms. The Morgan fingerprint density at radius 3 is 2.54 bits per heavy atom. The lowest BCUT2D eigenvalue weighted by Crippen LogP contribution is -2.38. The van der Waals surface area contributed by atoms with Gasteiger partial charge in [-0.25, -0.2) is 4.79 Å². The number of esters is 1. The lowest BCUT2D eigenvalue weighted by atomic mass is 10.1. The Hall–Kier alpha value is -3.04. The number of ether oxygens (including phenoxy) is 3. The number of thiocarbonyl (C=S) groups is 1. The van der Waals surface area contributed by atoms with Gasteiger partial charge in [-0.3, -0.25) is 9.69 Å². The van der Waals surface area contributed by atoms with Crippen LogP contribution < -0.4 is 9.47 Å². The number of thioether (sulfide) groups is 1. The van der Waals surface area contributed by atoms with E-state index in [1.54, 1.807) is 66.7 Å². The minimum absolute atomic E-state index is 0.222. The Morgan fingerprint density at radius 1 is 1.08 bits per heavy atom. The molecule has 3 aromatic rings. The fraction of sp³-hybridized carbons (Fsp3) is 0.207. The highest BCUT2D eigenvalue weighted by Crippen LogP contribution is 2.39. The number of hydrogen-bond donors (Lipinski definition) is 0. The van der Waals surface area contributed by atoms with Crippen LogP contribution in [0.5, 0.6) is 11.5 Å². The molecule has 1 fully saturated rings. The van der Waals surface area contributed by atoms with E-state index in [1.165, 1.54) is 12.0 Å². The van der Waals surface area contributed by atoms with E-state index < -0.39 is 12.0 Å². The van der Waals surface area contributed by atoms with Crippen molar-refractivity contribution in [2.24, 2.45) is 0 Å². The van der Waals surface area contributed by atoms with Gasteiger partial charge in [0.1, 0.15) is 10.9 Å². The predicted octanol–water partition coefficient (Wildman–Crippen LogP) is 7.48. The van der Waals surface area contributed by atoms with Crippen LogP contribution in [0.4, 0.5) is 0 Å². The fourth-order valence-corrected chi connectivity index (χ4v) is 5.62. The molecule has 3 aromatic carbocycles. The highest BCUT2D eigenvalue weighted by molar-refractivity contribution is 8.26. The zero-order chi connectivity index (χ0) is 27.9. The van der Waals surface area contributed by atoms with Gasteiger partial charge in [-0.15, -0.1) is 0 Å². The van der Waals surface area contributed by atoms with Crippen LogP contribution in [0.25, 0.3) is 6.08 Å². The van der Waals surface area contributed by atoms with E-state index in [4.69, 9.17) is 49.6 Å². The van der Waals surface area contributed by atoms with Gasteiger partial charge in [0.15, 0.2) is 17.5 Å². The number of methoxy groups -OCH3 is 1. The molecule has 0 aliphatic carbocycles. The molecule has 1 atom stereocenters. The van der Waals surface area contributed by atoms with E-state index in [-0.39, 0.29) is 23.4 Å². The van der Waals surface area contributed by atoms with Gasteiger partial charge < -0.3 is 14.2 Å². The Kier molecular flexibility index (Phi) is 9.91. The monoisotopic (exact) mass is 601 g/mol. The molecule has 1 aliphatic rings. The van der Waals surface area contributed by atoms with Crippen LogP contribution in [-0.4, -0.2) is 34.8 Å². The first-order chi connectivity index (χ1) is 18.8. The van der Waals surface area contributed by atoms with Gasteiger partial charge >= 0.3 is 5.97 Å².